The fourth-order valence-corrected chi connectivity index (χ4v) is 3.34. The van der Waals surface area contributed by atoms with E-state index in [1.54, 1.807) is 0 Å². The van der Waals surface area contributed by atoms with Crippen LogP contribution in [-0.4, -0.2) is 16.6 Å². The van der Waals surface area contributed by atoms with E-state index >= 15 is 0 Å². The largest absolute Gasteiger partial charge is 0.330 e. The summed E-state index contributed by atoms with van der Waals surface area (Å²) in [6.07, 6.45) is 7.97. The number of nitrogens with one attached hydrogen (secondary N) is 1. The molecule has 102 valence electrons. The van der Waals surface area contributed by atoms with Gasteiger partial charge in [0.15, 0.2) is 0 Å². The van der Waals surface area contributed by atoms with Crippen LogP contribution in [0.4, 0.5) is 0 Å². The predicted octanol–water partition coefficient (Wildman–Crippen LogP) is 3.33. The first-order valence-electron chi connectivity index (χ1n) is 7.15. The molecule has 18 heavy (non-hydrogen) atoms. The average molecular weight is 249 g/mol. The minimum absolute atomic E-state index is 0.0135. The minimum Gasteiger partial charge on any atom is -0.330 e. The molecule has 1 fully saturated rings. The molecule has 0 aromatic carbocycles. The van der Waals surface area contributed by atoms with Crippen LogP contribution in [0.1, 0.15) is 58.7 Å². The minimum atomic E-state index is -0.0135. The van der Waals surface area contributed by atoms with Crippen LogP contribution >= 0.6 is 0 Å². The van der Waals surface area contributed by atoms with Crippen LogP contribution in [0.2, 0.25) is 0 Å². The highest BCUT2D eigenvalue weighted by molar-refractivity contribution is 5.12. The third kappa shape index (κ3) is 2.61. The maximum atomic E-state index is 4.38. The molecule has 1 aliphatic carbocycles. The van der Waals surface area contributed by atoms with E-state index in [0.29, 0.717) is 6.04 Å². The molecule has 1 aliphatic rings. The molecule has 2 atom stereocenters. The van der Waals surface area contributed by atoms with Crippen molar-refractivity contribution < 1.29 is 0 Å². The first-order valence-corrected chi connectivity index (χ1v) is 7.15. The second-order valence-electron chi connectivity index (χ2n) is 6.63. The van der Waals surface area contributed by atoms with Gasteiger partial charge in [0, 0.05) is 6.04 Å². The highest BCUT2D eigenvalue weighted by Crippen LogP contribution is 2.37. The summed E-state index contributed by atoms with van der Waals surface area (Å²) in [4.78, 5) is 4.38. The highest BCUT2D eigenvalue weighted by atomic mass is 15.1. The molecule has 0 saturated heterocycles. The Hall–Kier alpha value is -0.830. The summed E-state index contributed by atoms with van der Waals surface area (Å²) in [5, 5.41) is 3.38. The standard InChI is InChI=1S/C15H27N3/c1-11-6-12(2)8-13(7-11)18-10-17-9-14(18)15(3,4)16-5/h9-13,16H,6-8H2,1-5H3. The zero-order valence-electron chi connectivity index (χ0n) is 12.4. The number of rotatable bonds is 3. The van der Waals surface area contributed by atoms with Gasteiger partial charge in [-0.2, -0.15) is 0 Å². The van der Waals surface area contributed by atoms with E-state index < -0.39 is 0 Å². The third-order valence-corrected chi connectivity index (χ3v) is 4.48. The van der Waals surface area contributed by atoms with E-state index in [9.17, 15) is 0 Å². The summed E-state index contributed by atoms with van der Waals surface area (Å²) in [5.74, 6) is 1.65. The number of nitrogens with zero attached hydrogens (tertiary/aromatic N) is 2. The molecule has 1 saturated carbocycles. The van der Waals surface area contributed by atoms with Crippen molar-refractivity contribution in [3.8, 4) is 0 Å². The lowest BCUT2D eigenvalue weighted by molar-refractivity contribution is 0.212. The summed E-state index contributed by atoms with van der Waals surface area (Å²) >= 11 is 0. The van der Waals surface area contributed by atoms with Crippen molar-refractivity contribution in [2.24, 2.45) is 11.8 Å². The molecule has 0 spiro atoms. The Morgan fingerprint density at radius 2 is 1.83 bits per heavy atom. The Labute approximate surface area is 111 Å². The van der Waals surface area contributed by atoms with Gasteiger partial charge in [-0.25, -0.2) is 4.98 Å². The van der Waals surface area contributed by atoms with Crippen molar-refractivity contribution in [2.45, 2.75) is 58.5 Å². The number of imidazole rings is 1. The van der Waals surface area contributed by atoms with E-state index in [0.717, 1.165) is 11.8 Å². The molecule has 3 heteroatoms. The summed E-state index contributed by atoms with van der Waals surface area (Å²) in [6.45, 7) is 9.19. The molecule has 3 nitrogen and oxygen atoms in total. The summed E-state index contributed by atoms with van der Waals surface area (Å²) < 4.78 is 2.41. The zero-order chi connectivity index (χ0) is 13.3. The lowest BCUT2D eigenvalue weighted by atomic mass is 9.80. The zero-order valence-corrected chi connectivity index (χ0v) is 12.4. The van der Waals surface area contributed by atoms with Gasteiger partial charge in [0.1, 0.15) is 0 Å². The highest BCUT2D eigenvalue weighted by Gasteiger charge is 2.30. The van der Waals surface area contributed by atoms with Crippen LogP contribution in [0.5, 0.6) is 0 Å². The van der Waals surface area contributed by atoms with Crippen molar-refractivity contribution in [1.29, 1.82) is 0 Å². The van der Waals surface area contributed by atoms with Crippen LogP contribution < -0.4 is 5.32 Å². The van der Waals surface area contributed by atoms with Crippen LogP contribution in [0.15, 0.2) is 12.5 Å². The topological polar surface area (TPSA) is 29.9 Å². The van der Waals surface area contributed by atoms with E-state index in [1.807, 2.05) is 19.6 Å². The maximum absolute atomic E-state index is 4.38. The number of hydrogen-bond acceptors (Lipinski definition) is 2. The summed E-state index contributed by atoms with van der Waals surface area (Å²) in [5.41, 5.74) is 1.29. The molecular formula is C15H27N3. The molecule has 1 N–H and O–H groups in total. The summed E-state index contributed by atoms with van der Waals surface area (Å²) in [7, 11) is 2.02. The van der Waals surface area contributed by atoms with Gasteiger partial charge in [-0.05, 0) is 52.0 Å². The predicted molar refractivity (Wildman–Crippen MR) is 75.5 cm³/mol. The molecule has 0 amide bonds. The van der Waals surface area contributed by atoms with Gasteiger partial charge >= 0.3 is 0 Å². The molecular weight excluding hydrogens is 222 g/mol. The molecule has 2 rings (SSSR count). The van der Waals surface area contributed by atoms with Gasteiger partial charge in [0.05, 0.1) is 23.8 Å². The second-order valence-corrected chi connectivity index (χ2v) is 6.63. The first-order chi connectivity index (χ1) is 8.44. The Balaban J connectivity index is 2.26. The molecule has 2 unspecified atom stereocenters. The van der Waals surface area contributed by atoms with Crippen LogP contribution in [0.25, 0.3) is 0 Å². The molecule has 0 radical (unpaired) electrons. The van der Waals surface area contributed by atoms with Gasteiger partial charge in [-0.15, -0.1) is 0 Å². The summed E-state index contributed by atoms with van der Waals surface area (Å²) in [6, 6.07) is 0.619. The average Bonchev–Trinajstić information content (AvgIpc) is 2.77. The second kappa shape index (κ2) is 5.04. The van der Waals surface area contributed by atoms with Gasteiger partial charge in [-0.3, -0.25) is 0 Å². The normalized spacial score (nSPS) is 29.5. The van der Waals surface area contributed by atoms with Crippen LogP contribution in [0, 0.1) is 11.8 Å². The molecule has 1 heterocycles. The molecule has 1 aromatic rings. The van der Waals surface area contributed by atoms with Gasteiger partial charge in [0.25, 0.3) is 0 Å². The Bertz CT molecular complexity index is 384. The monoisotopic (exact) mass is 249 g/mol. The van der Waals surface area contributed by atoms with Crippen LogP contribution in [-0.2, 0) is 5.54 Å². The first kappa shape index (κ1) is 13.6. The quantitative estimate of drug-likeness (QED) is 0.890. The number of aromatic nitrogens is 2. The third-order valence-electron chi connectivity index (χ3n) is 4.48. The SMILES string of the molecule is CNC(C)(C)c1cncn1C1CC(C)CC(C)C1. The van der Waals surface area contributed by atoms with Crippen LogP contribution in [0.3, 0.4) is 0 Å². The lowest BCUT2D eigenvalue weighted by Crippen LogP contribution is -2.37. The lowest BCUT2D eigenvalue weighted by Gasteiger charge is -2.35. The number of hydrogen-bond donors (Lipinski definition) is 1. The van der Waals surface area contributed by atoms with Crippen molar-refractivity contribution in [1.82, 2.24) is 14.9 Å². The Morgan fingerprint density at radius 3 is 2.39 bits per heavy atom. The van der Waals surface area contributed by atoms with E-state index in [-0.39, 0.29) is 5.54 Å². The van der Waals surface area contributed by atoms with E-state index in [4.69, 9.17) is 0 Å². The van der Waals surface area contributed by atoms with Gasteiger partial charge < -0.3 is 9.88 Å². The smallest absolute Gasteiger partial charge is 0.0951 e. The maximum Gasteiger partial charge on any atom is 0.0951 e. The van der Waals surface area contributed by atoms with Crippen molar-refractivity contribution >= 4 is 0 Å². The van der Waals surface area contributed by atoms with Gasteiger partial charge in [0.2, 0.25) is 0 Å². The van der Waals surface area contributed by atoms with E-state index in [1.165, 1.54) is 25.0 Å². The van der Waals surface area contributed by atoms with Crippen molar-refractivity contribution in [3.63, 3.8) is 0 Å². The fourth-order valence-electron chi connectivity index (χ4n) is 3.34. The molecule has 0 bridgehead atoms. The van der Waals surface area contributed by atoms with Gasteiger partial charge in [-0.1, -0.05) is 13.8 Å². The van der Waals surface area contributed by atoms with Crippen molar-refractivity contribution in [2.75, 3.05) is 7.05 Å². The molecule has 0 aliphatic heterocycles. The van der Waals surface area contributed by atoms with Crippen molar-refractivity contribution in [3.05, 3.63) is 18.2 Å². The Morgan fingerprint density at radius 1 is 1.22 bits per heavy atom. The Kier molecular flexibility index (Phi) is 3.81. The van der Waals surface area contributed by atoms with E-state index in [2.05, 4.69) is 42.6 Å². The fraction of sp³-hybridized carbons (Fsp3) is 0.800. The molecule has 1 aromatic heterocycles.